The van der Waals surface area contributed by atoms with E-state index in [1.165, 1.54) is 0 Å². The largest absolute Gasteiger partial charge is 0.496 e. The molecule has 1 aliphatic heterocycles. The zero-order chi connectivity index (χ0) is 20.9. The number of nitrogens with zero attached hydrogens (tertiary/aromatic N) is 2. The first-order valence-corrected chi connectivity index (χ1v) is 10.2. The minimum Gasteiger partial charge on any atom is -0.496 e. The number of carbonyl (C=O) groups is 1. The van der Waals surface area contributed by atoms with E-state index >= 15 is 0 Å². The Morgan fingerprint density at radius 3 is 2.80 bits per heavy atom. The zero-order valence-corrected chi connectivity index (χ0v) is 17.1. The third-order valence-corrected chi connectivity index (χ3v) is 5.59. The lowest BCUT2D eigenvalue weighted by Crippen LogP contribution is -2.34. The number of carboxylic acid groups (broad SMARTS) is 1. The second-order valence-electron chi connectivity index (χ2n) is 7.73. The highest BCUT2D eigenvalue weighted by Gasteiger charge is 2.25. The molecular weight excluding hydrogens is 380 g/mol. The van der Waals surface area contributed by atoms with Gasteiger partial charge in [0.05, 0.1) is 18.9 Å². The monoisotopic (exact) mass is 406 g/mol. The van der Waals surface area contributed by atoms with Gasteiger partial charge in [0.15, 0.2) is 5.89 Å². The van der Waals surface area contributed by atoms with Crippen LogP contribution in [0.3, 0.4) is 0 Å². The molecule has 1 aromatic heterocycles. The SMILES string of the molecule is COc1ccccc1Cc1cnc(C2CCCN(Cc3ccc(C(=O)O)cc3)C2)o1. The second kappa shape index (κ2) is 9.13. The van der Waals surface area contributed by atoms with E-state index < -0.39 is 5.97 Å². The number of aromatic nitrogens is 1. The normalized spacial score (nSPS) is 17.0. The van der Waals surface area contributed by atoms with Crippen LogP contribution in [0.1, 0.15) is 51.9 Å². The fraction of sp³-hybridized carbons (Fsp3) is 0.333. The molecule has 1 saturated heterocycles. The van der Waals surface area contributed by atoms with Gasteiger partial charge < -0.3 is 14.3 Å². The van der Waals surface area contributed by atoms with E-state index in [1.807, 2.05) is 42.6 Å². The van der Waals surface area contributed by atoms with Crippen LogP contribution >= 0.6 is 0 Å². The van der Waals surface area contributed by atoms with Gasteiger partial charge in [0.2, 0.25) is 0 Å². The van der Waals surface area contributed by atoms with Crippen molar-refractivity contribution in [2.45, 2.75) is 31.7 Å². The number of methoxy groups -OCH3 is 1. The number of hydrogen-bond acceptors (Lipinski definition) is 5. The molecule has 6 nitrogen and oxygen atoms in total. The molecule has 1 unspecified atom stereocenters. The van der Waals surface area contributed by atoms with Gasteiger partial charge >= 0.3 is 5.97 Å². The summed E-state index contributed by atoms with van der Waals surface area (Å²) >= 11 is 0. The van der Waals surface area contributed by atoms with Crippen molar-refractivity contribution in [3.63, 3.8) is 0 Å². The quantitative estimate of drug-likeness (QED) is 0.629. The van der Waals surface area contributed by atoms with Gasteiger partial charge in [-0.15, -0.1) is 0 Å². The van der Waals surface area contributed by atoms with Crippen LogP contribution in [0.15, 0.2) is 59.1 Å². The maximum atomic E-state index is 11.0. The van der Waals surface area contributed by atoms with Crippen LogP contribution in [0.4, 0.5) is 0 Å². The van der Waals surface area contributed by atoms with Crippen LogP contribution in [0.5, 0.6) is 5.75 Å². The molecule has 156 valence electrons. The summed E-state index contributed by atoms with van der Waals surface area (Å²) in [6.07, 6.45) is 4.62. The molecule has 0 radical (unpaired) electrons. The van der Waals surface area contributed by atoms with Crippen molar-refractivity contribution in [1.29, 1.82) is 0 Å². The van der Waals surface area contributed by atoms with Gasteiger partial charge in [0.1, 0.15) is 11.5 Å². The third kappa shape index (κ3) is 4.71. The fourth-order valence-corrected chi connectivity index (χ4v) is 4.04. The summed E-state index contributed by atoms with van der Waals surface area (Å²) < 4.78 is 11.5. The number of carboxylic acids is 1. The van der Waals surface area contributed by atoms with E-state index in [0.29, 0.717) is 12.0 Å². The standard InChI is InChI=1S/C24H26N2O4/c1-29-22-7-3-2-5-19(22)13-21-14-25-23(30-21)20-6-4-12-26(16-20)15-17-8-10-18(11-9-17)24(27)28/h2-3,5,7-11,14,20H,4,6,12-13,15-16H2,1H3,(H,27,28). The first kappa shape index (κ1) is 20.2. The van der Waals surface area contributed by atoms with E-state index in [9.17, 15) is 4.79 Å². The average molecular weight is 406 g/mol. The smallest absolute Gasteiger partial charge is 0.335 e. The molecular formula is C24H26N2O4. The summed E-state index contributed by atoms with van der Waals surface area (Å²) in [5.41, 5.74) is 2.51. The Morgan fingerprint density at radius 2 is 2.03 bits per heavy atom. The van der Waals surface area contributed by atoms with E-state index in [-0.39, 0.29) is 5.92 Å². The Balaban J connectivity index is 1.39. The number of rotatable bonds is 7. The van der Waals surface area contributed by atoms with Crippen molar-refractivity contribution in [3.05, 3.63) is 83.1 Å². The van der Waals surface area contributed by atoms with Gasteiger partial charge in [-0.1, -0.05) is 30.3 Å². The topological polar surface area (TPSA) is 75.8 Å². The molecule has 0 saturated carbocycles. The van der Waals surface area contributed by atoms with Gasteiger partial charge in [-0.2, -0.15) is 0 Å². The molecule has 6 heteroatoms. The number of aromatic carboxylic acids is 1. The Kier molecular flexibility index (Phi) is 6.14. The lowest BCUT2D eigenvalue weighted by atomic mass is 9.97. The molecule has 3 aromatic rings. The van der Waals surface area contributed by atoms with E-state index in [0.717, 1.165) is 61.0 Å². The summed E-state index contributed by atoms with van der Waals surface area (Å²) in [4.78, 5) is 18.0. The number of likely N-dealkylation sites (tertiary alicyclic amines) is 1. The van der Waals surface area contributed by atoms with Crippen molar-refractivity contribution in [2.75, 3.05) is 20.2 Å². The molecule has 0 amide bonds. The molecule has 30 heavy (non-hydrogen) atoms. The van der Waals surface area contributed by atoms with Gasteiger partial charge in [-0.05, 0) is 43.1 Å². The Labute approximate surface area is 176 Å². The number of oxazole rings is 1. The Morgan fingerprint density at radius 1 is 1.23 bits per heavy atom. The Hall–Kier alpha value is -3.12. The van der Waals surface area contributed by atoms with E-state index in [2.05, 4.69) is 9.88 Å². The number of hydrogen-bond donors (Lipinski definition) is 1. The zero-order valence-electron chi connectivity index (χ0n) is 17.1. The molecule has 0 bridgehead atoms. The maximum Gasteiger partial charge on any atom is 0.335 e. The van der Waals surface area contributed by atoms with Crippen LogP contribution in [-0.4, -0.2) is 41.2 Å². The molecule has 0 aliphatic carbocycles. The summed E-state index contributed by atoms with van der Waals surface area (Å²) in [7, 11) is 1.68. The summed E-state index contributed by atoms with van der Waals surface area (Å²) in [5.74, 6) is 1.87. The first-order valence-electron chi connectivity index (χ1n) is 10.2. The molecule has 1 aliphatic rings. The fourth-order valence-electron chi connectivity index (χ4n) is 4.04. The van der Waals surface area contributed by atoms with Crippen molar-refractivity contribution in [3.8, 4) is 5.75 Å². The molecule has 2 aromatic carbocycles. The third-order valence-electron chi connectivity index (χ3n) is 5.59. The first-order chi connectivity index (χ1) is 14.6. The minimum absolute atomic E-state index is 0.267. The number of para-hydroxylation sites is 1. The Bertz CT molecular complexity index is 996. The second-order valence-corrected chi connectivity index (χ2v) is 7.73. The predicted molar refractivity (Wildman–Crippen MR) is 113 cm³/mol. The summed E-state index contributed by atoms with van der Waals surface area (Å²) in [6, 6.07) is 15.1. The molecule has 4 rings (SSSR count). The molecule has 1 atom stereocenters. The van der Waals surface area contributed by atoms with Crippen molar-refractivity contribution >= 4 is 5.97 Å². The molecule has 2 heterocycles. The molecule has 0 spiro atoms. The van der Waals surface area contributed by atoms with Crippen LogP contribution in [-0.2, 0) is 13.0 Å². The number of piperidine rings is 1. The van der Waals surface area contributed by atoms with Crippen LogP contribution < -0.4 is 4.74 Å². The summed E-state index contributed by atoms with van der Waals surface area (Å²) in [6.45, 7) is 2.70. The van der Waals surface area contributed by atoms with Gasteiger partial charge in [-0.25, -0.2) is 9.78 Å². The lowest BCUT2D eigenvalue weighted by Gasteiger charge is -2.31. The average Bonchev–Trinajstić information content (AvgIpc) is 3.23. The molecule has 1 N–H and O–H groups in total. The van der Waals surface area contributed by atoms with Crippen molar-refractivity contribution in [1.82, 2.24) is 9.88 Å². The van der Waals surface area contributed by atoms with Crippen LogP contribution in [0.2, 0.25) is 0 Å². The van der Waals surface area contributed by atoms with E-state index in [4.69, 9.17) is 14.3 Å². The highest BCUT2D eigenvalue weighted by atomic mass is 16.5. The van der Waals surface area contributed by atoms with Crippen LogP contribution in [0.25, 0.3) is 0 Å². The van der Waals surface area contributed by atoms with Gasteiger partial charge in [0, 0.05) is 31.0 Å². The van der Waals surface area contributed by atoms with Gasteiger partial charge in [-0.3, -0.25) is 4.90 Å². The maximum absolute atomic E-state index is 11.0. The minimum atomic E-state index is -0.896. The lowest BCUT2D eigenvalue weighted by molar-refractivity contribution is 0.0697. The predicted octanol–water partition coefficient (Wildman–Crippen LogP) is 4.35. The number of ether oxygens (including phenoxy) is 1. The van der Waals surface area contributed by atoms with Crippen LogP contribution in [0, 0.1) is 0 Å². The van der Waals surface area contributed by atoms with Crippen molar-refractivity contribution < 1.29 is 19.1 Å². The highest BCUT2D eigenvalue weighted by molar-refractivity contribution is 5.87. The van der Waals surface area contributed by atoms with Crippen molar-refractivity contribution in [2.24, 2.45) is 0 Å². The summed E-state index contributed by atoms with van der Waals surface area (Å²) in [5, 5.41) is 9.05. The molecule has 1 fully saturated rings. The number of benzene rings is 2. The highest BCUT2D eigenvalue weighted by Crippen LogP contribution is 2.29. The van der Waals surface area contributed by atoms with Gasteiger partial charge in [0.25, 0.3) is 0 Å². The van der Waals surface area contributed by atoms with E-state index in [1.54, 1.807) is 19.2 Å².